The summed E-state index contributed by atoms with van der Waals surface area (Å²) < 4.78 is 38.3. The maximum atomic E-state index is 12.8. The number of benzene rings is 2. The van der Waals surface area contributed by atoms with Crippen molar-refractivity contribution in [1.82, 2.24) is 4.90 Å². The van der Waals surface area contributed by atoms with E-state index in [4.69, 9.17) is 0 Å². The fourth-order valence-electron chi connectivity index (χ4n) is 3.88. The molecule has 1 saturated heterocycles. The van der Waals surface area contributed by atoms with Crippen LogP contribution >= 0.6 is 0 Å². The van der Waals surface area contributed by atoms with Gasteiger partial charge in [-0.25, -0.2) is 0 Å². The van der Waals surface area contributed by atoms with Crippen molar-refractivity contribution in [3.8, 4) is 0 Å². The minimum absolute atomic E-state index is 0.211. The van der Waals surface area contributed by atoms with E-state index >= 15 is 0 Å². The van der Waals surface area contributed by atoms with Gasteiger partial charge in [0.1, 0.15) is 0 Å². The smallest absolute Gasteiger partial charge is 0.385 e. The average Bonchev–Trinajstić information content (AvgIpc) is 2.68. The third-order valence-electron chi connectivity index (χ3n) is 6.04. The molecule has 1 aliphatic heterocycles. The van der Waals surface area contributed by atoms with Crippen LogP contribution in [-0.2, 0) is 17.2 Å². The molecule has 0 radical (unpaired) electrons. The summed E-state index contributed by atoms with van der Waals surface area (Å²) in [5.41, 5.74) is 0.305. The maximum Gasteiger partial charge on any atom is 0.416 e. The summed E-state index contributed by atoms with van der Waals surface area (Å²) in [6, 6.07) is 15.3. The van der Waals surface area contributed by atoms with Crippen molar-refractivity contribution in [2.24, 2.45) is 0 Å². The van der Waals surface area contributed by atoms with E-state index in [0.717, 1.165) is 49.3 Å². The first-order valence-corrected chi connectivity index (χ1v) is 9.78. The Hall–Kier alpha value is -1.85. The van der Waals surface area contributed by atoms with Crippen LogP contribution in [0.1, 0.15) is 49.8 Å². The molecule has 152 valence electrons. The second kappa shape index (κ2) is 7.88. The second-order valence-electron chi connectivity index (χ2n) is 8.45. The number of likely N-dealkylation sites (tertiary alicyclic amines) is 1. The molecule has 0 saturated carbocycles. The number of halogens is 3. The number of nitrogens with zero attached hydrogens (tertiary/aromatic N) is 1. The van der Waals surface area contributed by atoms with E-state index in [1.165, 1.54) is 0 Å². The Balaban J connectivity index is 1.56. The lowest BCUT2D eigenvalue weighted by atomic mass is 9.80. The third-order valence-corrected chi connectivity index (χ3v) is 6.04. The zero-order chi connectivity index (χ0) is 20.4. The van der Waals surface area contributed by atoms with Crippen LogP contribution in [0.15, 0.2) is 54.6 Å². The van der Waals surface area contributed by atoms with E-state index < -0.39 is 17.3 Å². The second-order valence-corrected chi connectivity index (χ2v) is 8.45. The van der Waals surface area contributed by atoms with E-state index in [1.54, 1.807) is 12.1 Å². The molecule has 2 aromatic rings. The molecular weight excluding hydrogens is 363 g/mol. The van der Waals surface area contributed by atoms with Crippen LogP contribution in [0, 0.1) is 0 Å². The van der Waals surface area contributed by atoms with Crippen LogP contribution < -0.4 is 0 Å². The standard InChI is InChI=1S/C23H28F3NO/c1-21(2,18-8-10-20(11-9-18)23(24,25)26)12-15-27-16-13-22(28,14-17-27)19-6-4-3-5-7-19/h3-11,28H,12-17H2,1-2H3. The van der Waals surface area contributed by atoms with E-state index in [0.29, 0.717) is 12.8 Å². The first-order chi connectivity index (χ1) is 13.1. The molecule has 1 N–H and O–H groups in total. The molecule has 0 aromatic heterocycles. The Bertz CT molecular complexity index is 761. The van der Waals surface area contributed by atoms with Gasteiger partial charge in [0.2, 0.25) is 0 Å². The quantitative estimate of drug-likeness (QED) is 0.742. The molecule has 2 aromatic carbocycles. The normalized spacial score (nSPS) is 18.2. The van der Waals surface area contributed by atoms with Gasteiger partial charge in [-0.3, -0.25) is 0 Å². The Kier molecular flexibility index (Phi) is 5.87. The van der Waals surface area contributed by atoms with Crippen molar-refractivity contribution >= 4 is 0 Å². The van der Waals surface area contributed by atoms with E-state index in [9.17, 15) is 18.3 Å². The average molecular weight is 391 g/mol. The molecule has 0 amide bonds. The van der Waals surface area contributed by atoms with Crippen molar-refractivity contribution in [3.63, 3.8) is 0 Å². The summed E-state index contributed by atoms with van der Waals surface area (Å²) in [6.07, 6.45) is -2.07. The summed E-state index contributed by atoms with van der Waals surface area (Å²) in [5.74, 6) is 0. The van der Waals surface area contributed by atoms with E-state index in [-0.39, 0.29) is 5.41 Å². The fraction of sp³-hybridized carbons (Fsp3) is 0.478. The van der Waals surface area contributed by atoms with Crippen LogP contribution in [0.2, 0.25) is 0 Å². The Morgan fingerprint density at radius 3 is 1.96 bits per heavy atom. The van der Waals surface area contributed by atoms with Crippen LogP contribution in [0.5, 0.6) is 0 Å². The van der Waals surface area contributed by atoms with Gasteiger partial charge < -0.3 is 10.0 Å². The fourth-order valence-corrected chi connectivity index (χ4v) is 3.88. The lowest BCUT2D eigenvalue weighted by molar-refractivity contribution is -0.137. The molecule has 0 bridgehead atoms. The Morgan fingerprint density at radius 2 is 1.43 bits per heavy atom. The minimum Gasteiger partial charge on any atom is -0.385 e. The van der Waals surface area contributed by atoms with Crippen molar-refractivity contribution in [3.05, 3.63) is 71.3 Å². The topological polar surface area (TPSA) is 23.5 Å². The summed E-state index contributed by atoms with van der Waals surface area (Å²) in [5, 5.41) is 10.9. The number of rotatable bonds is 5. The summed E-state index contributed by atoms with van der Waals surface area (Å²) in [4.78, 5) is 2.34. The monoisotopic (exact) mass is 391 g/mol. The van der Waals surface area contributed by atoms with Gasteiger partial charge in [0.05, 0.1) is 11.2 Å². The SMILES string of the molecule is CC(C)(CCN1CCC(O)(c2ccccc2)CC1)c1ccc(C(F)(F)F)cc1. The van der Waals surface area contributed by atoms with E-state index in [1.807, 2.05) is 30.3 Å². The highest BCUT2D eigenvalue weighted by atomic mass is 19.4. The Morgan fingerprint density at radius 1 is 0.893 bits per heavy atom. The van der Waals surface area contributed by atoms with Gasteiger partial charge in [-0.1, -0.05) is 56.3 Å². The lowest BCUT2D eigenvalue weighted by Gasteiger charge is -2.39. The lowest BCUT2D eigenvalue weighted by Crippen LogP contribution is -2.43. The molecule has 1 heterocycles. The predicted octanol–water partition coefficient (Wildman–Crippen LogP) is 5.36. The predicted molar refractivity (Wildman–Crippen MR) is 105 cm³/mol. The van der Waals surface area contributed by atoms with E-state index in [2.05, 4.69) is 18.7 Å². The highest BCUT2D eigenvalue weighted by molar-refractivity contribution is 5.29. The largest absolute Gasteiger partial charge is 0.416 e. The molecule has 3 rings (SSSR count). The first-order valence-electron chi connectivity index (χ1n) is 9.78. The minimum atomic E-state index is -4.30. The molecule has 5 heteroatoms. The van der Waals surface area contributed by atoms with Gasteiger partial charge in [-0.2, -0.15) is 13.2 Å². The van der Waals surface area contributed by atoms with Crippen molar-refractivity contribution in [2.75, 3.05) is 19.6 Å². The molecule has 0 spiro atoms. The summed E-state index contributed by atoms with van der Waals surface area (Å²) >= 11 is 0. The van der Waals surface area contributed by atoms with Gasteiger partial charge in [0.25, 0.3) is 0 Å². The zero-order valence-electron chi connectivity index (χ0n) is 16.5. The van der Waals surface area contributed by atoms with Crippen LogP contribution in [-0.4, -0.2) is 29.6 Å². The molecule has 0 aliphatic carbocycles. The van der Waals surface area contributed by atoms with Crippen LogP contribution in [0.4, 0.5) is 13.2 Å². The zero-order valence-corrected chi connectivity index (χ0v) is 16.5. The molecule has 28 heavy (non-hydrogen) atoms. The van der Waals surface area contributed by atoms with Gasteiger partial charge in [0, 0.05) is 13.1 Å². The van der Waals surface area contributed by atoms with Crippen molar-refractivity contribution in [2.45, 2.75) is 50.3 Å². The summed E-state index contributed by atoms with van der Waals surface area (Å²) in [7, 11) is 0. The highest BCUT2D eigenvalue weighted by Gasteiger charge is 2.34. The Labute approximate surface area is 165 Å². The number of piperidine rings is 1. The molecule has 1 fully saturated rings. The van der Waals surface area contributed by atoms with Crippen molar-refractivity contribution < 1.29 is 18.3 Å². The third kappa shape index (κ3) is 4.76. The number of hydrogen-bond donors (Lipinski definition) is 1. The molecule has 1 aliphatic rings. The van der Waals surface area contributed by atoms with Gasteiger partial charge in [-0.05, 0) is 54.5 Å². The highest BCUT2D eigenvalue weighted by Crippen LogP contribution is 2.35. The number of aliphatic hydroxyl groups is 1. The number of alkyl halides is 3. The van der Waals surface area contributed by atoms with Crippen LogP contribution in [0.25, 0.3) is 0 Å². The molecular formula is C23H28F3NO. The molecule has 0 unspecified atom stereocenters. The molecule has 0 atom stereocenters. The van der Waals surface area contributed by atoms with Gasteiger partial charge in [-0.15, -0.1) is 0 Å². The first kappa shape index (κ1) is 20.9. The molecule has 2 nitrogen and oxygen atoms in total. The van der Waals surface area contributed by atoms with Crippen molar-refractivity contribution in [1.29, 1.82) is 0 Å². The van der Waals surface area contributed by atoms with Gasteiger partial charge >= 0.3 is 6.18 Å². The van der Waals surface area contributed by atoms with Crippen LogP contribution in [0.3, 0.4) is 0 Å². The van der Waals surface area contributed by atoms with Gasteiger partial charge in [0.15, 0.2) is 0 Å². The number of hydrogen-bond acceptors (Lipinski definition) is 2. The maximum absolute atomic E-state index is 12.8. The summed E-state index contributed by atoms with van der Waals surface area (Å²) in [6.45, 7) is 6.63.